The van der Waals surface area contributed by atoms with Crippen molar-refractivity contribution in [1.29, 1.82) is 0 Å². The van der Waals surface area contributed by atoms with Gasteiger partial charge in [-0.15, -0.1) is 11.3 Å². The number of ether oxygens (including phenoxy) is 1. The number of hydrogen-bond acceptors (Lipinski definition) is 4. The number of halogens is 2. The molecule has 0 amide bonds. The molecule has 94 valence electrons. The molecule has 18 heavy (non-hydrogen) atoms. The number of benzene rings is 1. The minimum Gasteiger partial charge on any atom is -0.485 e. The zero-order chi connectivity index (χ0) is 13.1. The van der Waals surface area contributed by atoms with E-state index in [0.717, 1.165) is 20.3 Å². The summed E-state index contributed by atoms with van der Waals surface area (Å²) >= 11 is 7.85. The van der Waals surface area contributed by atoms with Gasteiger partial charge < -0.3 is 9.84 Å². The SMILES string of the molecule is O=C(O)c1nc(COc2c(Br)cccc2Br)cs1. The fourth-order valence-corrected chi connectivity index (χ4v) is 3.10. The molecule has 0 saturated carbocycles. The van der Waals surface area contributed by atoms with E-state index in [-0.39, 0.29) is 11.6 Å². The first-order chi connectivity index (χ1) is 8.58. The lowest BCUT2D eigenvalue weighted by atomic mass is 10.3. The maximum atomic E-state index is 10.7. The molecule has 0 spiro atoms. The Morgan fingerprint density at radius 1 is 1.39 bits per heavy atom. The summed E-state index contributed by atoms with van der Waals surface area (Å²) in [5.74, 6) is -0.351. The molecule has 0 bridgehead atoms. The van der Waals surface area contributed by atoms with Gasteiger partial charge in [-0.1, -0.05) is 6.07 Å². The van der Waals surface area contributed by atoms with E-state index in [2.05, 4.69) is 36.8 Å². The van der Waals surface area contributed by atoms with E-state index in [9.17, 15) is 4.79 Å². The van der Waals surface area contributed by atoms with Crippen molar-refractivity contribution in [3.63, 3.8) is 0 Å². The predicted octanol–water partition coefficient (Wildman–Crippen LogP) is 3.95. The standard InChI is InChI=1S/C11H7Br2NO3S/c12-7-2-1-3-8(13)9(7)17-4-6-5-18-10(14-6)11(15)16/h1-3,5H,4H2,(H,15,16). The molecular formula is C11H7Br2NO3S. The highest BCUT2D eigenvalue weighted by Gasteiger charge is 2.11. The summed E-state index contributed by atoms with van der Waals surface area (Å²) in [6.45, 7) is 0.227. The Kier molecular flexibility index (Phi) is 4.36. The molecule has 2 aromatic rings. The quantitative estimate of drug-likeness (QED) is 0.855. The average molecular weight is 393 g/mol. The number of nitrogens with zero attached hydrogens (tertiary/aromatic N) is 1. The number of thiazole rings is 1. The second-order valence-corrected chi connectivity index (χ2v) is 5.86. The lowest BCUT2D eigenvalue weighted by Crippen LogP contribution is -1.99. The molecule has 7 heteroatoms. The van der Waals surface area contributed by atoms with Crippen LogP contribution >= 0.6 is 43.2 Å². The third-order valence-corrected chi connectivity index (χ3v) is 4.15. The highest BCUT2D eigenvalue weighted by atomic mass is 79.9. The first-order valence-corrected chi connectivity index (χ1v) is 7.29. The Labute approximate surface area is 124 Å². The minimum absolute atomic E-state index is 0.0693. The fourth-order valence-electron chi connectivity index (χ4n) is 1.24. The minimum atomic E-state index is -1.02. The zero-order valence-electron chi connectivity index (χ0n) is 8.89. The van der Waals surface area contributed by atoms with E-state index in [0.29, 0.717) is 11.4 Å². The summed E-state index contributed by atoms with van der Waals surface area (Å²) in [4.78, 5) is 14.6. The van der Waals surface area contributed by atoms with Crippen molar-refractivity contribution in [2.45, 2.75) is 6.61 Å². The van der Waals surface area contributed by atoms with E-state index >= 15 is 0 Å². The highest BCUT2D eigenvalue weighted by Crippen LogP contribution is 2.33. The van der Waals surface area contributed by atoms with Crippen LogP contribution in [-0.4, -0.2) is 16.1 Å². The van der Waals surface area contributed by atoms with Gasteiger partial charge in [0.15, 0.2) is 0 Å². The molecule has 0 aliphatic heterocycles. The van der Waals surface area contributed by atoms with Gasteiger partial charge in [-0.2, -0.15) is 0 Å². The van der Waals surface area contributed by atoms with Crippen LogP contribution in [0.4, 0.5) is 0 Å². The van der Waals surface area contributed by atoms with Gasteiger partial charge in [0.25, 0.3) is 0 Å². The Hall–Kier alpha value is -0.920. The van der Waals surface area contributed by atoms with Crippen LogP contribution in [0.2, 0.25) is 0 Å². The maximum absolute atomic E-state index is 10.7. The molecule has 1 N–H and O–H groups in total. The second-order valence-electron chi connectivity index (χ2n) is 3.29. The lowest BCUT2D eigenvalue weighted by Gasteiger charge is -2.08. The predicted molar refractivity (Wildman–Crippen MR) is 75.2 cm³/mol. The zero-order valence-corrected chi connectivity index (χ0v) is 12.9. The summed E-state index contributed by atoms with van der Waals surface area (Å²) in [7, 11) is 0. The van der Waals surface area contributed by atoms with E-state index in [4.69, 9.17) is 9.84 Å². The number of aromatic nitrogens is 1. The van der Waals surface area contributed by atoms with Crippen molar-refractivity contribution in [1.82, 2.24) is 4.98 Å². The summed E-state index contributed by atoms with van der Waals surface area (Å²) in [6.07, 6.45) is 0. The molecule has 0 atom stereocenters. The van der Waals surface area contributed by atoms with Crippen LogP contribution in [0.3, 0.4) is 0 Å². The van der Waals surface area contributed by atoms with Crippen LogP contribution in [0.5, 0.6) is 5.75 Å². The maximum Gasteiger partial charge on any atom is 0.365 e. The number of rotatable bonds is 4. The van der Waals surface area contributed by atoms with Crippen molar-refractivity contribution in [3.05, 3.63) is 43.2 Å². The largest absolute Gasteiger partial charge is 0.485 e. The van der Waals surface area contributed by atoms with Crippen LogP contribution in [0.15, 0.2) is 32.5 Å². The first-order valence-electron chi connectivity index (χ1n) is 4.82. The third kappa shape index (κ3) is 3.09. The molecule has 0 fully saturated rings. The third-order valence-electron chi connectivity index (χ3n) is 2.02. The van der Waals surface area contributed by atoms with Crippen LogP contribution < -0.4 is 4.74 Å². The Morgan fingerprint density at radius 3 is 2.61 bits per heavy atom. The number of carboxylic acid groups (broad SMARTS) is 1. The van der Waals surface area contributed by atoms with Crippen LogP contribution in [0, 0.1) is 0 Å². The summed E-state index contributed by atoms with van der Waals surface area (Å²) in [5.41, 5.74) is 0.597. The van der Waals surface area contributed by atoms with Gasteiger partial charge in [-0.05, 0) is 44.0 Å². The molecule has 0 unspecified atom stereocenters. The van der Waals surface area contributed by atoms with Crippen molar-refractivity contribution < 1.29 is 14.6 Å². The molecule has 1 aromatic carbocycles. The summed E-state index contributed by atoms with van der Waals surface area (Å²) in [5, 5.41) is 10.5. The van der Waals surface area contributed by atoms with Gasteiger partial charge in [0, 0.05) is 5.38 Å². The molecule has 4 nitrogen and oxygen atoms in total. The van der Waals surface area contributed by atoms with E-state index in [1.807, 2.05) is 18.2 Å². The normalized spacial score (nSPS) is 10.3. The fraction of sp³-hybridized carbons (Fsp3) is 0.0909. The number of carboxylic acids is 1. The summed E-state index contributed by atoms with van der Waals surface area (Å²) in [6, 6.07) is 5.61. The molecule has 1 heterocycles. The van der Waals surface area contributed by atoms with Gasteiger partial charge in [0.2, 0.25) is 5.01 Å². The molecule has 0 aliphatic carbocycles. The van der Waals surface area contributed by atoms with Crippen molar-refractivity contribution >= 4 is 49.2 Å². The van der Waals surface area contributed by atoms with Gasteiger partial charge in [-0.3, -0.25) is 0 Å². The number of para-hydroxylation sites is 1. The average Bonchev–Trinajstić information content (AvgIpc) is 2.77. The first kappa shape index (κ1) is 13.5. The highest BCUT2D eigenvalue weighted by molar-refractivity contribution is 9.11. The van der Waals surface area contributed by atoms with Crippen LogP contribution in [0.25, 0.3) is 0 Å². The van der Waals surface area contributed by atoms with Crippen LogP contribution in [0.1, 0.15) is 15.5 Å². The Balaban J connectivity index is 2.09. The molecule has 1 aromatic heterocycles. The van der Waals surface area contributed by atoms with E-state index < -0.39 is 5.97 Å². The monoisotopic (exact) mass is 391 g/mol. The molecule has 0 aliphatic rings. The molecule has 0 saturated heterocycles. The van der Waals surface area contributed by atoms with E-state index in [1.54, 1.807) is 5.38 Å². The summed E-state index contributed by atoms with van der Waals surface area (Å²) < 4.78 is 7.25. The number of aromatic carboxylic acids is 1. The molecule has 2 rings (SSSR count). The topological polar surface area (TPSA) is 59.4 Å². The van der Waals surface area contributed by atoms with Crippen molar-refractivity contribution in [2.75, 3.05) is 0 Å². The smallest absolute Gasteiger partial charge is 0.365 e. The molecular weight excluding hydrogens is 386 g/mol. The van der Waals surface area contributed by atoms with Gasteiger partial charge >= 0.3 is 5.97 Å². The van der Waals surface area contributed by atoms with Gasteiger partial charge in [0.1, 0.15) is 12.4 Å². The number of hydrogen-bond donors (Lipinski definition) is 1. The Bertz CT molecular complexity index is 565. The van der Waals surface area contributed by atoms with Crippen LogP contribution in [-0.2, 0) is 6.61 Å². The second kappa shape index (κ2) is 5.81. The lowest BCUT2D eigenvalue weighted by molar-refractivity contribution is 0.0696. The van der Waals surface area contributed by atoms with Crippen molar-refractivity contribution in [3.8, 4) is 5.75 Å². The molecule has 0 radical (unpaired) electrons. The van der Waals surface area contributed by atoms with Crippen molar-refractivity contribution in [2.24, 2.45) is 0 Å². The Morgan fingerprint density at radius 2 is 2.06 bits per heavy atom. The van der Waals surface area contributed by atoms with E-state index in [1.165, 1.54) is 0 Å². The van der Waals surface area contributed by atoms with Gasteiger partial charge in [-0.25, -0.2) is 9.78 Å². The number of carbonyl (C=O) groups is 1. The van der Waals surface area contributed by atoms with Gasteiger partial charge in [0.05, 0.1) is 14.6 Å².